The van der Waals surface area contributed by atoms with Crippen LogP contribution < -0.4 is 5.73 Å². The van der Waals surface area contributed by atoms with Crippen molar-refractivity contribution in [2.75, 3.05) is 0 Å². The Balaban J connectivity index is 1.69. The van der Waals surface area contributed by atoms with E-state index in [1.54, 1.807) is 0 Å². The zero-order chi connectivity index (χ0) is 15.0. The quantitative estimate of drug-likeness (QED) is 0.928. The van der Waals surface area contributed by atoms with E-state index in [1.807, 2.05) is 6.92 Å². The number of aryl methyl sites for hydroxylation is 1. The molecule has 1 aliphatic carbocycles. The van der Waals surface area contributed by atoms with Crippen LogP contribution in [0.4, 0.5) is 0 Å². The molecule has 2 unspecified atom stereocenters. The van der Waals surface area contributed by atoms with Gasteiger partial charge in [0.05, 0.1) is 23.9 Å². The molecule has 2 aliphatic rings. The molecule has 1 saturated carbocycles. The third-order valence-corrected chi connectivity index (χ3v) is 5.37. The second kappa shape index (κ2) is 5.73. The van der Waals surface area contributed by atoms with Gasteiger partial charge in [-0.2, -0.15) is 5.10 Å². The summed E-state index contributed by atoms with van der Waals surface area (Å²) in [5.74, 6) is 0. The van der Waals surface area contributed by atoms with Gasteiger partial charge < -0.3 is 10.5 Å². The van der Waals surface area contributed by atoms with E-state index in [9.17, 15) is 0 Å². The van der Waals surface area contributed by atoms with Crippen molar-refractivity contribution in [2.45, 2.75) is 90.0 Å². The van der Waals surface area contributed by atoms with Crippen molar-refractivity contribution >= 4 is 0 Å². The third-order valence-electron chi connectivity index (χ3n) is 5.37. The number of nitrogens with zero attached hydrogens (tertiary/aromatic N) is 2. The predicted octanol–water partition coefficient (Wildman–Crippen LogP) is 3.40. The summed E-state index contributed by atoms with van der Waals surface area (Å²) in [6, 6.07) is 0.0490. The maximum atomic E-state index is 6.47. The minimum atomic E-state index is 0.0490. The van der Waals surface area contributed by atoms with E-state index >= 15 is 0 Å². The van der Waals surface area contributed by atoms with E-state index in [0.717, 1.165) is 12.2 Å². The number of aromatic nitrogens is 2. The van der Waals surface area contributed by atoms with Gasteiger partial charge in [-0.05, 0) is 46.5 Å². The maximum absolute atomic E-state index is 6.47. The molecule has 0 radical (unpaired) electrons. The van der Waals surface area contributed by atoms with E-state index < -0.39 is 0 Å². The number of rotatable bonds is 3. The summed E-state index contributed by atoms with van der Waals surface area (Å²) < 4.78 is 8.58. The third kappa shape index (κ3) is 2.88. The lowest BCUT2D eigenvalue weighted by molar-refractivity contribution is -0.0690. The highest BCUT2D eigenvalue weighted by atomic mass is 16.5. The van der Waals surface area contributed by atoms with Crippen molar-refractivity contribution in [2.24, 2.45) is 5.73 Å². The number of hydrogen-bond acceptors (Lipinski definition) is 3. The minimum absolute atomic E-state index is 0.0490. The second-order valence-electron chi connectivity index (χ2n) is 7.08. The summed E-state index contributed by atoms with van der Waals surface area (Å²) in [7, 11) is 0. The molecule has 2 heterocycles. The molecule has 1 aromatic heterocycles. The molecule has 1 aliphatic heterocycles. The summed E-state index contributed by atoms with van der Waals surface area (Å²) >= 11 is 0. The summed E-state index contributed by atoms with van der Waals surface area (Å²) in [6.45, 7) is 7.09. The van der Waals surface area contributed by atoms with Gasteiger partial charge in [0.1, 0.15) is 0 Å². The first-order valence-electron chi connectivity index (χ1n) is 8.48. The molecular weight excluding hydrogens is 262 g/mol. The average Bonchev–Trinajstić information content (AvgIpc) is 2.93. The molecule has 3 rings (SSSR count). The first kappa shape index (κ1) is 15.0. The van der Waals surface area contributed by atoms with E-state index in [1.165, 1.54) is 56.2 Å². The standard InChI is InChI=1S/C17H29N3O/c1-12(18)16-13(2)19-20(14(16)3)11-15-7-10-17(21-15)8-5-4-6-9-17/h12,15H,4-11,18H2,1-3H3. The molecule has 0 bridgehead atoms. The molecule has 1 saturated heterocycles. The normalized spacial score (nSPS) is 26.4. The Kier molecular flexibility index (Phi) is 4.10. The molecule has 0 amide bonds. The zero-order valence-electron chi connectivity index (χ0n) is 13.7. The fourth-order valence-electron chi connectivity index (χ4n) is 4.33. The van der Waals surface area contributed by atoms with Gasteiger partial charge in [-0.25, -0.2) is 0 Å². The largest absolute Gasteiger partial charge is 0.370 e. The second-order valence-corrected chi connectivity index (χ2v) is 7.08. The Hall–Kier alpha value is -0.870. The Bertz CT molecular complexity index is 500. The molecule has 4 nitrogen and oxygen atoms in total. The molecule has 2 fully saturated rings. The molecule has 0 aromatic carbocycles. The van der Waals surface area contributed by atoms with Gasteiger partial charge in [0.15, 0.2) is 0 Å². The van der Waals surface area contributed by atoms with Crippen LogP contribution in [0.25, 0.3) is 0 Å². The van der Waals surface area contributed by atoms with Crippen molar-refractivity contribution in [3.8, 4) is 0 Å². The van der Waals surface area contributed by atoms with Crippen LogP contribution in [0.3, 0.4) is 0 Å². The lowest BCUT2D eigenvalue weighted by Gasteiger charge is -2.33. The van der Waals surface area contributed by atoms with Crippen LogP contribution in [0.5, 0.6) is 0 Å². The molecule has 1 spiro atoms. The Morgan fingerprint density at radius 3 is 2.62 bits per heavy atom. The maximum Gasteiger partial charge on any atom is 0.0779 e. The van der Waals surface area contributed by atoms with E-state index in [0.29, 0.717) is 6.10 Å². The highest BCUT2D eigenvalue weighted by molar-refractivity contribution is 5.27. The molecule has 2 N–H and O–H groups in total. The Morgan fingerprint density at radius 1 is 1.29 bits per heavy atom. The van der Waals surface area contributed by atoms with Crippen molar-refractivity contribution < 1.29 is 4.74 Å². The van der Waals surface area contributed by atoms with Crippen molar-refractivity contribution in [3.05, 3.63) is 17.0 Å². The number of ether oxygens (including phenoxy) is 1. The van der Waals surface area contributed by atoms with Gasteiger partial charge in [-0.15, -0.1) is 0 Å². The minimum Gasteiger partial charge on any atom is -0.370 e. The smallest absolute Gasteiger partial charge is 0.0779 e. The zero-order valence-corrected chi connectivity index (χ0v) is 13.7. The van der Waals surface area contributed by atoms with Crippen LogP contribution in [0, 0.1) is 13.8 Å². The lowest BCUT2D eigenvalue weighted by Crippen LogP contribution is -2.32. The van der Waals surface area contributed by atoms with Crippen LogP contribution in [0.2, 0.25) is 0 Å². The summed E-state index contributed by atoms with van der Waals surface area (Å²) in [5, 5.41) is 4.69. The van der Waals surface area contributed by atoms with Crippen molar-refractivity contribution in [1.29, 1.82) is 0 Å². The van der Waals surface area contributed by atoms with Crippen LogP contribution in [0.15, 0.2) is 0 Å². The number of nitrogens with two attached hydrogens (primary N) is 1. The van der Waals surface area contributed by atoms with E-state index in [-0.39, 0.29) is 11.6 Å². The Labute approximate surface area is 128 Å². The predicted molar refractivity (Wildman–Crippen MR) is 84.2 cm³/mol. The topological polar surface area (TPSA) is 53.1 Å². The van der Waals surface area contributed by atoms with E-state index in [4.69, 9.17) is 10.5 Å². The van der Waals surface area contributed by atoms with Gasteiger partial charge in [-0.3, -0.25) is 4.68 Å². The van der Waals surface area contributed by atoms with Crippen LogP contribution in [0.1, 0.15) is 74.9 Å². The highest BCUT2D eigenvalue weighted by Crippen LogP contribution is 2.42. The van der Waals surface area contributed by atoms with Crippen molar-refractivity contribution in [3.63, 3.8) is 0 Å². The van der Waals surface area contributed by atoms with Gasteiger partial charge in [0.2, 0.25) is 0 Å². The average molecular weight is 291 g/mol. The first-order valence-corrected chi connectivity index (χ1v) is 8.48. The van der Waals surface area contributed by atoms with Crippen LogP contribution >= 0.6 is 0 Å². The number of hydrogen-bond donors (Lipinski definition) is 1. The van der Waals surface area contributed by atoms with Crippen LogP contribution in [-0.2, 0) is 11.3 Å². The summed E-state index contributed by atoms with van der Waals surface area (Å²) in [6.07, 6.45) is 9.29. The fourth-order valence-corrected chi connectivity index (χ4v) is 4.33. The SMILES string of the molecule is Cc1nn(CC2CCC3(CCCCC3)O2)c(C)c1C(C)N. The molecular formula is C17H29N3O. The lowest BCUT2D eigenvalue weighted by atomic mass is 9.83. The Morgan fingerprint density at radius 2 is 2.00 bits per heavy atom. The van der Waals surface area contributed by atoms with Gasteiger partial charge >= 0.3 is 0 Å². The summed E-state index contributed by atoms with van der Waals surface area (Å²) in [4.78, 5) is 0. The molecule has 1 aromatic rings. The molecule has 21 heavy (non-hydrogen) atoms. The van der Waals surface area contributed by atoms with Gasteiger partial charge in [0.25, 0.3) is 0 Å². The molecule has 4 heteroatoms. The fraction of sp³-hybridized carbons (Fsp3) is 0.824. The summed E-state index contributed by atoms with van der Waals surface area (Å²) in [5.41, 5.74) is 9.72. The van der Waals surface area contributed by atoms with Crippen molar-refractivity contribution in [1.82, 2.24) is 9.78 Å². The molecule has 118 valence electrons. The van der Waals surface area contributed by atoms with E-state index in [2.05, 4.69) is 23.6 Å². The van der Waals surface area contributed by atoms with Crippen LogP contribution in [-0.4, -0.2) is 21.5 Å². The monoisotopic (exact) mass is 291 g/mol. The molecule has 2 atom stereocenters. The first-order chi connectivity index (χ1) is 10.0. The highest BCUT2D eigenvalue weighted by Gasteiger charge is 2.41. The van der Waals surface area contributed by atoms with Gasteiger partial charge in [0, 0.05) is 17.3 Å². The van der Waals surface area contributed by atoms with Gasteiger partial charge in [-0.1, -0.05) is 19.3 Å².